The Morgan fingerprint density at radius 3 is 2.48 bits per heavy atom. The zero-order valence-corrected chi connectivity index (χ0v) is 28.0. The Labute approximate surface area is 270 Å². The fourth-order valence-corrected chi connectivity index (χ4v) is 11.3. The van der Waals surface area contributed by atoms with Crippen LogP contribution in [0.3, 0.4) is 0 Å². The standard InChI is InChI=1S/C38H44O8/c1-18(2)9-10-21-30-26(25-22-12-13-36(8,44-30)32(25)34(22,4)5)29(41)27-28(40)23-15-20-16-24-35(6,7)46-37(33(20)42,14-11-19(3)43-17-39)38(23,24)45-31(21)27/h9,11,15,17,20,22,24-25,32,41H,10,12-14,16H2,1-8H3/t20?,22?,24?,25?,32?,36-,37?,38-/m1/s1. The number of allylic oxidation sites excluding steroid dienone is 4. The molecule has 1 aromatic carbocycles. The smallest absolute Gasteiger partial charge is 0.298 e. The van der Waals surface area contributed by atoms with Gasteiger partial charge in [0.1, 0.15) is 34.2 Å². The predicted molar refractivity (Wildman–Crippen MR) is 169 cm³/mol. The second-order valence-electron chi connectivity index (χ2n) is 16.4. The van der Waals surface area contributed by atoms with Crippen molar-refractivity contribution in [2.45, 2.75) is 116 Å². The van der Waals surface area contributed by atoms with Crippen LogP contribution in [0, 0.1) is 29.1 Å². The van der Waals surface area contributed by atoms with E-state index in [-0.39, 0.29) is 52.5 Å². The molecule has 5 fully saturated rings. The Bertz CT molecular complexity index is 1740. The minimum Gasteiger partial charge on any atom is -0.507 e. The molecule has 8 heteroatoms. The van der Waals surface area contributed by atoms with E-state index in [1.165, 1.54) is 0 Å². The van der Waals surface area contributed by atoms with E-state index in [1.807, 2.05) is 27.7 Å². The maximum absolute atomic E-state index is 15.0. The number of phenols is 1. The van der Waals surface area contributed by atoms with Crippen molar-refractivity contribution >= 4 is 18.0 Å². The Morgan fingerprint density at radius 1 is 1.07 bits per heavy atom. The number of aromatic hydroxyl groups is 1. The molecule has 3 aliphatic heterocycles. The first-order valence-corrected chi connectivity index (χ1v) is 16.8. The van der Waals surface area contributed by atoms with E-state index in [0.717, 1.165) is 29.5 Å². The lowest BCUT2D eigenvalue weighted by Gasteiger charge is -2.70. The molecule has 10 rings (SSSR count). The molecule has 8 atom stereocenters. The Hall–Kier alpha value is -3.39. The number of ether oxygens (including phenoxy) is 4. The van der Waals surface area contributed by atoms with Crippen molar-refractivity contribution < 1.29 is 38.4 Å². The minimum absolute atomic E-state index is 0.0457. The Kier molecular flexibility index (Phi) is 5.83. The lowest BCUT2D eigenvalue weighted by Crippen LogP contribution is -2.72. The van der Waals surface area contributed by atoms with Crippen LogP contribution in [0.5, 0.6) is 17.2 Å². The first kappa shape index (κ1) is 30.0. The molecule has 0 radical (unpaired) electrons. The molecule has 0 aromatic heterocycles. The third-order valence-electron chi connectivity index (χ3n) is 13.1. The van der Waals surface area contributed by atoms with Gasteiger partial charge < -0.3 is 24.1 Å². The van der Waals surface area contributed by atoms with Crippen LogP contribution in [0.25, 0.3) is 0 Å². The Balaban J connectivity index is 1.39. The van der Waals surface area contributed by atoms with Gasteiger partial charge in [-0.05, 0) is 84.6 Å². The van der Waals surface area contributed by atoms with Crippen LogP contribution in [0.2, 0.25) is 0 Å². The molecule has 1 saturated heterocycles. The molecule has 0 amide bonds. The SMILES string of the molecule is CC(C)=CCc1c2c(c(O)c3c1O[C@]1(C)CCC4C3C1C4(C)C)C(=O)C1=CC3CC4C(C)(C)OC(CC=C(C)OC=O)(C3=O)[C@@]14O2. The van der Waals surface area contributed by atoms with Gasteiger partial charge in [0.15, 0.2) is 22.8 Å². The summed E-state index contributed by atoms with van der Waals surface area (Å²) in [4.78, 5) is 40.5. The molecule has 4 saturated carbocycles. The van der Waals surface area contributed by atoms with Crippen LogP contribution in [-0.2, 0) is 25.5 Å². The summed E-state index contributed by atoms with van der Waals surface area (Å²) in [5.74, 6) is 0.590. The van der Waals surface area contributed by atoms with Gasteiger partial charge in [-0.25, -0.2) is 0 Å². The third-order valence-corrected chi connectivity index (χ3v) is 13.1. The summed E-state index contributed by atoms with van der Waals surface area (Å²) < 4.78 is 26.2. The van der Waals surface area contributed by atoms with Crippen LogP contribution < -0.4 is 9.47 Å². The maximum atomic E-state index is 15.0. The number of Topliss-reactive ketones (excluding diaryl/α,β-unsaturated/α-hetero) is 2. The first-order chi connectivity index (χ1) is 21.6. The van der Waals surface area contributed by atoms with Gasteiger partial charge in [0.25, 0.3) is 6.47 Å². The van der Waals surface area contributed by atoms with Gasteiger partial charge in [0, 0.05) is 46.8 Å². The van der Waals surface area contributed by atoms with Crippen LogP contribution in [-0.4, -0.2) is 45.5 Å². The van der Waals surface area contributed by atoms with Gasteiger partial charge >= 0.3 is 0 Å². The van der Waals surface area contributed by atoms with E-state index in [0.29, 0.717) is 48.1 Å². The highest BCUT2D eigenvalue weighted by atomic mass is 16.6. The maximum Gasteiger partial charge on any atom is 0.298 e. The normalized spacial score (nSPS) is 39.5. The van der Waals surface area contributed by atoms with Crippen LogP contribution in [0.4, 0.5) is 0 Å². The Morgan fingerprint density at radius 2 is 1.80 bits per heavy atom. The van der Waals surface area contributed by atoms with Crippen molar-refractivity contribution in [1.82, 2.24) is 0 Å². The molecule has 3 heterocycles. The highest BCUT2D eigenvalue weighted by molar-refractivity contribution is 6.18. The summed E-state index contributed by atoms with van der Waals surface area (Å²) in [5, 5.41) is 12.2. The summed E-state index contributed by atoms with van der Waals surface area (Å²) in [7, 11) is 0. The number of rotatable bonds is 6. The van der Waals surface area contributed by atoms with Gasteiger partial charge in [-0.3, -0.25) is 14.4 Å². The van der Waals surface area contributed by atoms with E-state index >= 15 is 0 Å². The molecule has 46 heavy (non-hydrogen) atoms. The molecule has 244 valence electrons. The van der Waals surface area contributed by atoms with Crippen molar-refractivity contribution in [3.05, 3.63) is 51.8 Å². The van der Waals surface area contributed by atoms with E-state index in [1.54, 1.807) is 19.1 Å². The fourth-order valence-electron chi connectivity index (χ4n) is 11.3. The number of fused-ring (bicyclic) bond motifs is 3. The summed E-state index contributed by atoms with van der Waals surface area (Å²) in [6, 6.07) is 0. The number of phenolic OH excluding ortho intramolecular Hbond substituents is 1. The molecular weight excluding hydrogens is 584 g/mol. The quantitative estimate of drug-likeness (QED) is 0.211. The van der Waals surface area contributed by atoms with Gasteiger partial charge in [-0.2, -0.15) is 0 Å². The summed E-state index contributed by atoms with van der Waals surface area (Å²) in [5.41, 5.74) is -0.973. The van der Waals surface area contributed by atoms with Gasteiger partial charge in [0.2, 0.25) is 0 Å². The number of hydrogen-bond donors (Lipinski definition) is 1. The largest absolute Gasteiger partial charge is 0.507 e. The molecular formula is C38H44O8. The van der Waals surface area contributed by atoms with Crippen molar-refractivity contribution in [2.24, 2.45) is 29.1 Å². The molecule has 1 aromatic rings. The van der Waals surface area contributed by atoms with Crippen LogP contribution in [0.15, 0.2) is 35.1 Å². The van der Waals surface area contributed by atoms with Crippen molar-refractivity contribution in [3.8, 4) is 17.2 Å². The van der Waals surface area contributed by atoms with Gasteiger partial charge in [0.05, 0.1) is 5.60 Å². The topological polar surface area (TPSA) is 108 Å². The summed E-state index contributed by atoms with van der Waals surface area (Å²) >= 11 is 0. The molecule has 1 spiro atoms. The third kappa shape index (κ3) is 3.27. The number of ketones is 2. The lowest BCUT2D eigenvalue weighted by molar-refractivity contribution is -0.214. The average Bonchev–Trinajstić information content (AvgIpc) is 3.12. The fraction of sp³-hybridized carbons (Fsp3) is 0.605. The van der Waals surface area contributed by atoms with Gasteiger partial charge in [-0.15, -0.1) is 0 Å². The van der Waals surface area contributed by atoms with E-state index in [4.69, 9.17) is 18.9 Å². The molecule has 9 aliphatic rings. The van der Waals surface area contributed by atoms with Crippen LogP contribution >= 0.6 is 0 Å². The molecule has 6 unspecified atom stereocenters. The zero-order valence-electron chi connectivity index (χ0n) is 28.0. The van der Waals surface area contributed by atoms with E-state index in [2.05, 4.69) is 26.8 Å². The molecule has 1 N–H and O–H groups in total. The zero-order chi connectivity index (χ0) is 32.9. The van der Waals surface area contributed by atoms with Gasteiger partial charge in [-0.1, -0.05) is 31.6 Å². The molecule has 6 aliphatic carbocycles. The van der Waals surface area contributed by atoms with Crippen molar-refractivity contribution in [2.75, 3.05) is 0 Å². The molecule has 8 bridgehead atoms. The number of hydrogen-bond acceptors (Lipinski definition) is 8. The second-order valence-corrected chi connectivity index (χ2v) is 16.4. The number of benzene rings is 1. The lowest BCUT2D eigenvalue weighted by atomic mass is 9.37. The average molecular weight is 629 g/mol. The summed E-state index contributed by atoms with van der Waals surface area (Å²) in [6.07, 6.45) is 8.48. The monoisotopic (exact) mass is 628 g/mol. The van der Waals surface area contributed by atoms with E-state index in [9.17, 15) is 19.5 Å². The van der Waals surface area contributed by atoms with E-state index < -0.39 is 28.3 Å². The second kappa shape index (κ2) is 8.94. The highest BCUT2D eigenvalue weighted by Crippen LogP contribution is 2.76. The predicted octanol–water partition coefficient (Wildman–Crippen LogP) is 6.68. The first-order valence-electron chi connectivity index (χ1n) is 16.8. The number of carbonyl (C=O) groups is 3. The van der Waals surface area contributed by atoms with Crippen LogP contribution in [0.1, 0.15) is 108 Å². The minimum atomic E-state index is -1.52. The van der Waals surface area contributed by atoms with Crippen molar-refractivity contribution in [1.29, 1.82) is 0 Å². The highest BCUT2D eigenvalue weighted by Gasteiger charge is 2.81. The number of carbonyl (C=O) groups excluding carboxylic acids is 3. The summed E-state index contributed by atoms with van der Waals surface area (Å²) in [6.45, 7) is 16.8. The molecule has 8 nitrogen and oxygen atoms in total. The van der Waals surface area contributed by atoms with Crippen molar-refractivity contribution in [3.63, 3.8) is 0 Å².